The highest BCUT2D eigenvalue weighted by molar-refractivity contribution is 14.0. The number of hydrogen-bond donors (Lipinski definition) is 3. The number of hydrogen-bond acceptors (Lipinski definition) is 5. The molecule has 152 valence electrons. The Labute approximate surface area is 186 Å². The van der Waals surface area contributed by atoms with E-state index >= 15 is 0 Å². The summed E-state index contributed by atoms with van der Waals surface area (Å²) in [5.41, 5.74) is 0. The van der Waals surface area contributed by atoms with Gasteiger partial charge in [0.2, 0.25) is 10.0 Å². The summed E-state index contributed by atoms with van der Waals surface area (Å²) >= 11 is 6.80. The lowest BCUT2D eigenvalue weighted by atomic mass is 10.2. The van der Waals surface area contributed by atoms with Gasteiger partial charge in [0.05, 0.1) is 16.9 Å². The number of aryl methyl sites for hydroxylation is 1. The molecular weight excluding hydrogens is 523 g/mol. The quantitative estimate of drug-likeness (QED) is 0.204. The van der Waals surface area contributed by atoms with Crippen molar-refractivity contribution in [3.8, 4) is 0 Å². The molecule has 0 spiro atoms. The molecular formula is C16H24ClIN4O3S2. The van der Waals surface area contributed by atoms with Crippen molar-refractivity contribution in [2.45, 2.75) is 31.0 Å². The van der Waals surface area contributed by atoms with Crippen LogP contribution in [0.3, 0.4) is 0 Å². The second-order valence-electron chi connectivity index (χ2n) is 5.53. The Balaban J connectivity index is 0.00000364. The van der Waals surface area contributed by atoms with Gasteiger partial charge in [0.15, 0.2) is 5.96 Å². The standard InChI is InChI=1S/C16H23ClN4O3S2.HI/c1-4-18-16(21-12(3)13-6-5-11(2)24-13)19-9-10-20-26(22,23)15-8-7-14(17)25-15;/h5-8,12,20H,4,9-10H2,1-3H3,(H2,18,19,21);1H. The average Bonchev–Trinajstić information content (AvgIpc) is 3.20. The van der Waals surface area contributed by atoms with Crippen LogP contribution in [0, 0.1) is 6.92 Å². The first-order chi connectivity index (χ1) is 12.3. The number of thiophene rings is 1. The van der Waals surface area contributed by atoms with Crippen LogP contribution in [0.15, 0.2) is 37.9 Å². The van der Waals surface area contributed by atoms with Gasteiger partial charge in [0.1, 0.15) is 15.7 Å². The van der Waals surface area contributed by atoms with Crippen LogP contribution in [-0.2, 0) is 10.0 Å². The van der Waals surface area contributed by atoms with E-state index in [0.29, 0.717) is 16.8 Å². The number of guanidine groups is 1. The molecule has 2 heterocycles. The third-order valence-corrected chi connectivity index (χ3v) is 6.56. The van der Waals surface area contributed by atoms with Gasteiger partial charge in [-0.15, -0.1) is 35.3 Å². The zero-order valence-electron chi connectivity index (χ0n) is 15.3. The smallest absolute Gasteiger partial charge is 0.250 e. The summed E-state index contributed by atoms with van der Waals surface area (Å²) in [4.78, 5) is 4.39. The summed E-state index contributed by atoms with van der Waals surface area (Å²) in [6.07, 6.45) is 0. The fourth-order valence-corrected chi connectivity index (χ4v) is 4.69. The number of aliphatic imine (C=N–C) groups is 1. The third-order valence-electron chi connectivity index (χ3n) is 3.37. The molecule has 0 fully saturated rings. The Morgan fingerprint density at radius 1 is 1.33 bits per heavy atom. The van der Waals surface area contributed by atoms with Crippen molar-refractivity contribution in [3.05, 3.63) is 40.1 Å². The molecule has 0 amide bonds. The van der Waals surface area contributed by atoms with Crippen molar-refractivity contribution in [3.63, 3.8) is 0 Å². The molecule has 7 nitrogen and oxygen atoms in total. The zero-order valence-corrected chi connectivity index (χ0v) is 20.0. The molecule has 3 N–H and O–H groups in total. The molecule has 0 saturated heterocycles. The minimum absolute atomic E-state index is 0. The maximum absolute atomic E-state index is 12.1. The highest BCUT2D eigenvalue weighted by Crippen LogP contribution is 2.25. The molecule has 0 aliphatic carbocycles. The summed E-state index contributed by atoms with van der Waals surface area (Å²) in [5.74, 6) is 2.24. The average molecular weight is 547 g/mol. The van der Waals surface area contributed by atoms with Crippen LogP contribution < -0.4 is 15.4 Å². The molecule has 1 atom stereocenters. The predicted octanol–water partition coefficient (Wildman–Crippen LogP) is 3.52. The van der Waals surface area contributed by atoms with E-state index in [9.17, 15) is 8.42 Å². The monoisotopic (exact) mass is 546 g/mol. The van der Waals surface area contributed by atoms with Crippen LogP contribution in [0.4, 0.5) is 0 Å². The number of nitrogens with one attached hydrogen (secondary N) is 3. The van der Waals surface area contributed by atoms with E-state index in [0.717, 1.165) is 22.9 Å². The number of halogens is 2. The lowest BCUT2D eigenvalue weighted by Gasteiger charge is -2.16. The molecule has 0 aromatic carbocycles. The first kappa shape index (κ1) is 24.2. The third kappa shape index (κ3) is 7.60. The first-order valence-electron chi connectivity index (χ1n) is 8.18. The Morgan fingerprint density at radius 3 is 2.63 bits per heavy atom. The van der Waals surface area contributed by atoms with Crippen LogP contribution >= 0.6 is 46.9 Å². The molecule has 0 aliphatic heterocycles. The fraction of sp³-hybridized carbons (Fsp3) is 0.438. The number of furan rings is 1. The van der Waals surface area contributed by atoms with E-state index in [1.54, 1.807) is 6.07 Å². The Kier molecular flexibility index (Phi) is 10.1. The Morgan fingerprint density at radius 2 is 2.07 bits per heavy atom. The van der Waals surface area contributed by atoms with Crippen molar-refractivity contribution >= 4 is 62.9 Å². The Hall–Kier alpha value is -0.820. The number of sulfonamides is 1. The molecule has 2 rings (SSSR count). The molecule has 1 unspecified atom stereocenters. The summed E-state index contributed by atoms with van der Waals surface area (Å²) < 4.78 is 33.0. The van der Waals surface area contributed by atoms with Crippen molar-refractivity contribution < 1.29 is 12.8 Å². The fourth-order valence-electron chi connectivity index (χ4n) is 2.14. The van der Waals surface area contributed by atoms with Crippen molar-refractivity contribution in [1.29, 1.82) is 0 Å². The normalized spacial score (nSPS) is 13.1. The first-order valence-corrected chi connectivity index (χ1v) is 10.9. The molecule has 2 aromatic rings. The minimum atomic E-state index is -3.55. The largest absolute Gasteiger partial charge is 0.464 e. The van der Waals surface area contributed by atoms with E-state index in [-0.39, 0.29) is 47.3 Å². The molecule has 2 aromatic heterocycles. The molecule has 0 radical (unpaired) electrons. The van der Waals surface area contributed by atoms with Gasteiger partial charge in [-0.05, 0) is 45.0 Å². The van der Waals surface area contributed by atoms with Gasteiger partial charge in [0.25, 0.3) is 0 Å². The Bertz CT molecular complexity index is 851. The van der Waals surface area contributed by atoms with Crippen LogP contribution in [-0.4, -0.2) is 34.0 Å². The maximum Gasteiger partial charge on any atom is 0.250 e. The summed E-state index contributed by atoms with van der Waals surface area (Å²) in [5, 5.41) is 6.36. The van der Waals surface area contributed by atoms with Crippen molar-refractivity contribution in [2.75, 3.05) is 19.6 Å². The molecule has 0 bridgehead atoms. The number of rotatable bonds is 8. The van der Waals surface area contributed by atoms with E-state index in [1.807, 2.05) is 32.9 Å². The second kappa shape index (κ2) is 11.2. The molecule has 0 saturated carbocycles. The second-order valence-corrected chi connectivity index (χ2v) is 9.24. The minimum Gasteiger partial charge on any atom is -0.464 e. The van der Waals surface area contributed by atoms with Crippen molar-refractivity contribution in [1.82, 2.24) is 15.4 Å². The topological polar surface area (TPSA) is 95.7 Å². The van der Waals surface area contributed by atoms with E-state index in [2.05, 4.69) is 20.3 Å². The lowest BCUT2D eigenvalue weighted by molar-refractivity contribution is 0.441. The van der Waals surface area contributed by atoms with Crippen LogP contribution in [0.2, 0.25) is 4.34 Å². The lowest BCUT2D eigenvalue weighted by Crippen LogP contribution is -2.39. The van der Waals surface area contributed by atoms with E-state index in [1.165, 1.54) is 6.07 Å². The van der Waals surface area contributed by atoms with Gasteiger partial charge >= 0.3 is 0 Å². The van der Waals surface area contributed by atoms with Gasteiger partial charge in [-0.25, -0.2) is 13.1 Å². The summed E-state index contributed by atoms with van der Waals surface area (Å²) in [6, 6.07) is 6.80. The predicted molar refractivity (Wildman–Crippen MR) is 121 cm³/mol. The van der Waals surface area contributed by atoms with Gasteiger partial charge in [-0.1, -0.05) is 11.6 Å². The maximum atomic E-state index is 12.1. The molecule has 27 heavy (non-hydrogen) atoms. The molecule has 11 heteroatoms. The highest BCUT2D eigenvalue weighted by atomic mass is 127. The number of nitrogens with zero attached hydrogens (tertiary/aromatic N) is 1. The highest BCUT2D eigenvalue weighted by Gasteiger charge is 2.16. The van der Waals surface area contributed by atoms with Crippen molar-refractivity contribution in [2.24, 2.45) is 4.99 Å². The zero-order chi connectivity index (χ0) is 19.2. The van der Waals surface area contributed by atoms with Gasteiger partial charge < -0.3 is 15.1 Å². The molecule has 0 aliphatic rings. The SMILES string of the molecule is CCNC(=NCCNS(=O)(=O)c1ccc(Cl)s1)NC(C)c1ccc(C)o1.I. The summed E-state index contributed by atoms with van der Waals surface area (Å²) in [6.45, 7) is 6.98. The van der Waals surface area contributed by atoms with Gasteiger partial charge in [0, 0.05) is 13.1 Å². The van der Waals surface area contributed by atoms with Crippen LogP contribution in [0.5, 0.6) is 0 Å². The van der Waals surface area contributed by atoms with Crippen LogP contribution in [0.25, 0.3) is 0 Å². The van der Waals surface area contributed by atoms with E-state index in [4.69, 9.17) is 16.0 Å². The summed E-state index contributed by atoms with van der Waals surface area (Å²) in [7, 11) is -3.55. The van der Waals surface area contributed by atoms with E-state index < -0.39 is 10.0 Å². The van der Waals surface area contributed by atoms with Gasteiger partial charge in [-0.2, -0.15) is 0 Å². The van der Waals surface area contributed by atoms with Crippen LogP contribution in [0.1, 0.15) is 31.4 Å². The van der Waals surface area contributed by atoms with Gasteiger partial charge in [-0.3, -0.25) is 4.99 Å².